The van der Waals surface area contributed by atoms with Gasteiger partial charge >= 0.3 is 12.0 Å². The third-order valence-corrected chi connectivity index (χ3v) is 6.62. The molecule has 0 saturated heterocycles. The van der Waals surface area contributed by atoms with Crippen LogP contribution in [-0.2, 0) is 21.7 Å². The van der Waals surface area contributed by atoms with E-state index in [1.165, 1.54) is 5.56 Å². The van der Waals surface area contributed by atoms with Crippen LogP contribution >= 0.6 is 11.8 Å². The number of carbonyl (C=O) groups excluding carboxylic acids is 1. The standard InChI is InChI=1S/C29H42N2O5S/c1-5-35-26(27(32)33)20-23-12-14-25(15-13-23)36-18-17-31(28(34)30-22-29(2,3)4)16-9-19-37-21-24-10-7-6-8-11-24/h6-8,10-15,26H,5,9,16-22H2,1-4H3,(H,30,34)(H,32,33). The van der Waals surface area contributed by atoms with E-state index < -0.39 is 12.1 Å². The molecule has 37 heavy (non-hydrogen) atoms. The second-order valence-corrected chi connectivity index (χ2v) is 11.2. The van der Waals surface area contributed by atoms with Crippen LogP contribution in [0.15, 0.2) is 54.6 Å². The fraction of sp³-hybridized carbons (Fsp3) is 0.517. The Bertz CT molecular complexity index is 932. The zero-order chi connectivity index (χ0) is 27.1. The number of hydrogen-bond donors (Lipinski definition) is 2. The quantitative estimate of drug-likeness (QED) is 0.280. The molecule has 0 bridgehead atoms. The lowest BCUT2D eigenvalue weighted by Gasteiger charge is -2.26. The summed E-state index contributed by atoms with van der Waals surface area (Å²) in [6.45, 7) is 10.5. The van der Waals surface area contributed by atoms with Crippen molar-refractivity contribution in [2.75, 3.05) is 38.6 Å². The summed E-state index contributed by atoms with van der Waals surface area (Å²) in [6.07, 6.45) is 0.343. The topological polar surface area (TPSA) is 88.1 Å². The summed E-state index contributed by atoms with van der Waals surface area (Å²) in [4.78, 5) is 26.0. The van der Waals surface area contributed by atoms with Gasteiger partial charge in [0.25, 0.3) is 0 Å². The van der Waals surface area contributed by atoms with Crippen LogP contribution in [0.5, 0.6) is 5.75 Å². The Kier molecular flexibility index (Phi) is 13.4. The molecule has 204 valence electrons. The number of carbonyl (C=O) groups is 2. The number of hydrogen-bond acceptors (Lipinski definition) is 5. The molecule has 2 aromatic rings. The third-order valence-electron chi connectivity index (χ3n) is 5.50. The zero-order valence-corrected chi connectivity index (χ0v) is 23.4. The first-order valence-electron chi connectivity index (χ1n) is 12.9. The van der Waals surface area contributed by atoms with Crippen molar-refractivity contribution in [3.8, 4) is 5.75 Å². The van der Waals surface area contributed by atoms with Gasteiger partial charge in [0.2, 0.25) is 0 Å². The van der Waals surface area contributed by atoms with E-state index in [-0.39, 0.29) is 11.4 Å². The summed E-state index contributed by atoms with van der Waals surface area (Å²) in [7, 11) is 0. The minimum Gasteiger partial charge on any atom is -0.492 e. The number of rotatable bonds is 16. The van der Waals surface area contributed by atoms with Gasteiger partial charge in [-0.05, 0) is 47.8 Å². The first-order chi connectivity index (χ1) is 17.7. The van der Waals surface area contributed by atoms with Gasteiger partial charge in [-0.2, -0.15) is 11.8 Å². The smallest absolute Gasteiger partial charge is 0.333 e. The molecule has 2 amide bonds. The number of nitrogens with zero attached hydrogens (tertiary/aromatic N) is 1. The summed E-state index contributed by atoms with van der Waals surface area (Å²) < 4.78 is 11.2. The molecule has 0 aliphatic heterocycles. The lowest BCUT2D eigenvalue weighted by molar-refractivity contribution is -0.149. The summed E-state index contributed by atoms with van der Waals surface area (Å²) in [5.74, 6) is 1.65. The molecule has 7 nitrogen and oxygen atoms in total. The van der Waals surface area contributed by atoms with Crippen LogP contribution < -0.4 is 10.1 Å². The molecule has 0 fully saturated rings. The van der Waals surface area contributed by atoms with Crippen LogP contribution in [0.4, 0.5) is 4.79 Å². The molecule has 0 radical (unpaired) electrons. The van der Waals surface area contributed by atoms with Gasteiger partial charge in [-0.15, -0.1) is 0 Å². The first-order valence-corrected chi connectivity index (χ1v) is 14.0. The number of ether oxygens (including phenoxy) is 2. The molecule has 1 atom stereocenters. The molecule has 0 saturated carbocycles. The van der Waals surface area contributed by atoms with Crippen molar-refractivity contribution >= 4 is 23.8 Å². The van der Waals surface area contributed by atoms with E-state index in [0.29, 0.717) is 45.0 Å². The second-order valence-electron chi connectivity index (χ2n) is 10.1. The van der Waals surface area contributed by atoms with Crippen LogP contribution in [-0.4, -0.2) is 66.7 Å². The summed E-state index contributed by atoms with van der Waals surface area (Å²) >= 11 is 1.87. The van der Waals surface area contributed by atoms with E-state index in [9.17, 15) is 14.7 Å². The van der Waals surface area contributed by atoms with Crippen molar-refractivity contribution in [1.29, 1.82) is 0 Å². The van der Waals surface area contributed by atoms with Gasteiger partial charge in [-0.25, -0.2) is 9.59 Å². The van der Waals surface area contributed by atoms with Crippen LogP contribution in [0.2, 0.25) is 0 Å². The molecule has 1 unspecified atom stereocenters. The molecule has 0 heterocycles. The van der Waals surface area contributed by atoms with Gasteiger partial charge < -0.3 is 24.8 Å². The number of carboxylic acid groups (broad SMARTS) is 1. The maximum absolute atomic E-state index is 12.9. The van der Waals surface area contributed by atoms with Crippen molar-refractivity contribution in [2.45, 2.75) is 52.4 Å². The average molecular weight is 531 g/mol. The van der Waals surface area contributed by atoms with Crippen LogP contribution in [0.25, 0.3) is 0 Å². The van der Waals surface area contributed by atoms with Crippen LogP contribution in [0.3, 0.4) is 0 Å². The molecule has 0 spiro atoms. The minimum absolute atomic E-state index is 0.00687. The maximum Gasteiger partial charge on any atom is 0.333 e. The predicted molar refractivity (Wildman–Crippen MR) is 150 cm³/mol. The number of aliphatic carboxylic acids is 1. The zero-order valence-electron chi connectivity index (χ0n) is 22.6. The number of nitrogens with one attached hydrogen (secondary N) is 1. The van der Waals surface area contributed by atoms with Gasteiger partial charge in [0.05, 0.1) is 6.54 Å². The molecule has 2 aromatic carbocycles. The Balaban J connectivity index is 1.83. The lowest BCUT2D eigenvalue weighted by Crippen LogP contribution is -2.45. The lowest BCUT2D eigenvalue weighted by atomic mass is 9.97. The summed E-state index contributed by atoms with van der Waals surface area (Å²) in [5, 5.41) is 12.3. The highest BCUT2D eigenvalue weighted by atomic mass is 32.2. The van der Waals surface area contributed by atoms with Gasteiger partial charge in [0.15, 0.2) is 6.10 Å². The van der Waals surface area contributed by atoms with Crippen molar-refractivity contribution < 1.29 is 24.2 Å². The maximum atomic E-state index is 12.9. The Labute approximate surface area is 225 Å². The highest BCUT2D eigenvalue weighted by Crippen LogP contribution is 2.16. The van der Waals surface area contributed by atoms with Crippen molar-refractivity contribution in [3.05, 3.63) is 65.7 Å². The fourth-order valence-electron chi connectivity index (χ4n) is 3.52. The monoisotopic (exact) mass is 530 g/mol. The predicted octanol–water partition coefficient (Wildman–Crippen LogP) is 5.48. The van der Waals surface area contributed by atoms with Crippen LogP contribution in [0.1, 0.15) is 45.2 Å². The molecule has 2 rings (SSSR count). The van der Waals surface area contributed by atoms with E-state index in [1.807, 2.05) is 47.0 Å². The average Bonchev–Trinajstić information content (AvgIpc) is 2.86. The highest BCUT2D eigenvalue weighted by molar-refractivity contribution is 7.98. The Morgan fingerprint density at radius 1 is 1.03 bits per heavy atom. The van der Waals surface area contributed by atoms with Gasteiger partial charge in [-0.3, -0.25) is 0 Å². The summed E-state index contributed by atoms with van der Waals surface area (Å²) in [6, 6.07) is 17.7. The molecule has 0 aromatic heterocycles. The van der Waals surface area contributed by atoms with Gasteiger partial charge in [-0.1, -0.05) is 63.2 Å². The van der Waals surface area contributed by atoms with E-state index >= 15 is 0 Å². The molecular formula is C29H42N2O5S. The number of carboxylic acids is 1. The molecule has 8 heteroatoms. The van der Waals surface area contributed by atoms with E-state index in [1.54, 1.807) is 6.92 Å². The Hall–Kier alpha value is -2.71. The van der Waals surface area contributed by atoms with Crippen molar-refractivity contribution in [2.24, 2.45) is 5.41 Å². The fourth-order valence-corrected chi connectivity index (χ4v) is 4.42. The van der Waals surface area contributed by atoms with Crippen molar-refractivity contribution in [3.63, 3.8) is 0 Å². The van der Waals surface area contributed by atoms with E-state index in [0.717, 1.165) is 23.5 Å². The Morgan fingerprint density at radius 2 is 1.73 bits per heavy atom. The number of thioether (sulfide) groups is 1. The van der Waals surface area contributed by atoms with E-state index in [4.69, 9.17) is 9.47 Å². The Morgan fingerprint density at radius 3 is 2.35 bits per heavy atom. The van der Waals surface area contributed by atoms with Gasteiger partial charge in [0.1, 0.15) is 12.4 Å². The third kappa shape index (κ3) is 12.9. The number of benzene rings is 2. The SMILES string of the molecule is CCOC(Cc1ccc(OCCN(CCCSCc2ccccc2)C(=O)NCC(C)(C)C)cc1)C(=O)O. The molecule has 0 aliphatic carbocycles. The highest BCUT2D eigenvalue weighted by Gasteiger charge is 2.19. The molecular weight excluding hydrogens is 488 g/mol. The van der Waals surface area contributed by atoms with Gasteiger partial charge in [0, 0.05) is 31.9 Å². The first kappa shape index (κ1) is 30.5. The number of urea groups is 1. The second kappa shape index (κ2) is 16.2. The number of amides is 2. The van der Waals surface area contributed by atoms with Crippen LogP contribution in [0, 0.1) is 5.41 Å². The summed E-state index contributed by atoms with van der Waals surface area (Å²) in [5.41, 5.74) is 2.18. The minimum atomic E-state index is -0.967. The largest absolute Gasteiger partial charge is 0.492 e. The molecule has 2 N–H and O–H groups in total. The molecule has 0 aliphatic rings. The normalized spacial score (nSPS) is 12.1. The van der Waals surface area contributed by atoms with E-state index in [2.05, 4.69) is 50.4 Å². The van der Waals surface area contributed by atoms with Crippen molar-refractivity contribution in [1.82, 2.24) is 10.2 Å².